The Bertz CT molecular complexity index is 444. The van der Waals surface area contributed by atoms with Crippen LogP contribution in [0.15, 0.2) is 0 Å². The van der Waals surface area contributed by atoms with E-state index in [0.29, 0.717) is 19.0 Å². The molecule has 2 heterocycles. The van der Waals surface area contributed by atoms with Crippen LogP contribution in [0.1, 0.15) is 46.5 Å². The Balaban J connectivity index is 1.70. The summed E-state index contributed by atoms with van der Waals surface area (Å²) in [7, 11) is 0. The second-order valence-electron chi connectivity index (χ2n) is 7.72. The van der Waals surface area contributed by atoms with Gasteiger partial charge in [-0.05, 0) is 58.1 Å². The van der Waals surface area contributed by atoms with Gasteiger partial charge in [0, 0.05) is 31.4 Å². The van der Waals surface area contributed by atoms with Gasteiger partial charge in [0.1, 0.15) is 5.60 Å². The van der Waals surface area contributed by atoms with Gasteiger partial charge in [-0.3, -0.25) is 0 Å². The number of hydrogen-bond acceptors (Lipinski definition) is 4. The lowest BCUT2D eigenvalue weighted by Crippen LogP contribution is -2.41. The Morgan fingerprint density at radius 1 is 1.12 bits per heavy atom. The predicted octanol–water partition coefficient (Wildman–Crippen LogP) is 3.51. The number of hydrogen-bond donors (Lipinski definition) is 1. The zero-order chi connectivity index (χ0) is 17.7. The predicted molar refractivity (Wildman–Crippen MR) is 95.6 cm³/mol. The number of rotatable bonds is 4. The first kappa shape index (κ1) is 19.2. The van der Waals surface area contributed by atoms with Crippen LogP contribution in [0, 0.1) is 5.92 Å². The van der Waals surface area contributed by atoms with Crippen LogP contribution in [0.25, 0.3) is 0 Å². The molecule has 2 amide bonds. The zero-order valence-corrected chi connectivity index (χ0v) is 15.8. The molecule has 2 fully saturated rings. The molecule has 0 aromatic carbocycles. The van der Waals surface area contributed by atoms with Crippen molar-refractivity contribution in [1.29, 1.82) is 0 Å². The summed E-state index contributed by atoms with van der Waals surface area (Å²) in [5, 5.41) is 8.98. The molecule has 1 N–H and O–H groups in total. The highest BCUT2D eigenvalue weighted by molar-refractivity contribution is 7.99. The summed E-state index contributed by atoms with van der Waals surface area (Å²) in [5.74, 6) is 2.58. The summed E-state index contributed by atoms with van der Waals surface area (Å²) in [6.07, 6.45) is 2.98. The van der Waals surface area contributed by atoms with Crippen LogP contribution in [0.4, 0.5) is 9.59 Å². The normalized spacial score (nSPS) is 22.7. The van der Waals surface area contributed by atoms with Gasteiger partial charge in [-0.1, -0.05) is 0 Å². The Kier molecular flexibility index (Phi) is 6.66. The van der Waals surface area contributed by atoms with Crippen LogP contribution in [0.3, 0.4) is 0 Å². The standard InChI is InChI=1S/C17H30N2O4S/c1-17(2,3)23-16(22)19-8-4-5-14(19)12-24-11-13-6-9-18(10-7-13)15(20)21/h13-14H,4-12H2,1-3H3,(H,20,21)/t14-/m0/s1. The van der Waals surface area contributed by atoms with Gasteiger partial charge < -0.3 is 19.6 Å². The molecule has 1 atom stereocenters. The van der Waals surface area contributed by atoms with E-state index in [4.69, 9.17) is 9.84 Å². The third-order valence-corrected chi connectivity index (χ3v) is 5.88. The van der Waals surface area contributed by atoms with E-state index in [1.807, 2.05) is 37.4 Å². The Hall–Kier alpha value is -1.11. The molecule has 2 aliphatic rings. The largest absolute Gasteiger partial charge is 0.465 e. The topological polar surface area (TPSA) is 70.1 Å². The molecule has 0 spiro atoms. The fraction of sp³-hybridized carbons (Fsp3) is 0.882. The molecule has 0 aromatic heterocycles. The maximum absolute atomic E-state index is 12.3. The van der Waals surface area contributed by atoms with Crippen molar-refractivity contribution in [3.05, 3.63) is 0 Å². The lowest BCUT2D eigenvalue weighted by atomic mass is 9.99. The number of amides is 2. The van der Waals surface area contributed by atoms with Gasteiger partial charge >= 0.3 is 12.2 Å². The number of thioether (sulfide) groups is 1. The van der Waals surface area contributed by atoms with Gasteiger partial charge in [0.15, 0.2) is 0 Å². The maximum Gasteiger partial charge on any atom is 0.410 e. The van der Waals surface area contributed by atoms with E-state index in [1.165, 1.54) is 4.90 Å². The number of likely N-dealkylation sites (tertiary alicyclic amines) is 2. The van der Waals surface area contributed by atoms with Crippen molar-refractivity contribution in [1.82, 2.24) is 9.80 Å². The van der Waals surface area contributed by atoms with Crippen molar-refractivity contribution in [2.24, 2.45) is 5.92 Å². The van der Waals surface area contributed by atoms with Crippen LogP contribution in [0.2, 0.25) is 0 Å². The monoisotopic (exact) mass is 358 g/mol. The number of piperidine rings is 1. The molecular weight excluding hydrogens is 328 g/mol. The number of carbonyl (C=O) groups is 2. The number of nitrogens with zero attached hydrogens (tertiary/aromatic N) is 2. The van der Waals surface area contributed by atoms with Crippen LogP contribution in [0.5, 0.6) is 0 Å². The lowest BCUT2D eigenvalue weighted by Gasteiger charge is -2.31. The molecular formula is C17H30N2O4S. The van der Waals surface area contributed by atoms with Crippen LogP contribution >= 0.6 is 11.8 Å². The summed E-state index contributed by atoms with van der Waals surface area (Å²) in [5.41, 5.74) is -0.449. The second-order valence-corrected chi connectivity index (χ2v) is 8.80. The molecule has 0 aliphatic carbocycles. The van der Waals surface area contributed by atoms with Crippen molar-refractivity contribution in [3.63, 3.8) is 0 Å². The van der Waals surface area contributed by atoms with Crippen LogP contribution in [-0.2, 0) is 4.74 Å². The lowest BCUT2D eigenvalue weighted by molar-refractivity contribution is 0.0242. The van der Waals surface area contributed by atoms with Crippen LogP contribution in [-0.4, -0.2) is 69.9 Å². The van der Waals surface area contributed by atoms with E-state index in [1.54, 1.807) is 0 Å². The van der Waals surface area contributed by atoms with Gasteiger partial charge in [-0.15, -0.1) is 0 Å². The molecule has 0 bridgehead atoms. The molecule has 2 aliphatic heterocycles. The third-order valence-electron chi connectivity index (χ3n) is 4.55. The third kappa shape index (κ3) is 5.76. The number of carboxylic acid groups (broad SMARTS) is 1. The highest BCUT2D eigenvalue weighted by Gasteiger charge is 2.32. The molecule has 2 rings (SSSR count). The fourth-order valence-corrected chi connectivity index (χ4v) is 4.65. The first-order valence-electron chi connectivity index (χ1n) is 8.81. The Labute approximate surface area is 148 Å². The van der Waals surface area contributed by atoms with Crippen molar-refractivity contribution in [2.75, 3.05) is 31.1 Å². The second kappa shape index (κ2) is 8.32. The minimum absolute atomic E-state index is 0.194. The minimum Gasteiger partial charge on any atom is -0.465 e. The minimum atomic E-state index is -0.805. The number of carbonyl (C=O) groups excluding carboxylic acids is 1. The first-order chi connectivity index (χ1) is 11.3. The van der Waals surface area contributed by atoms with E-state index in [2.05, 4.69) is 0 Å². The summed E-state index contributed by atoms with van der Waals surface area (Å²) < 4.78 is 5.50. The van der Waals surface area contributed by atoms with E-state index < -0.39 is 11.7 Å². The van der Waals surface area contributed by atoms with Gasteiger partial charge in [-0.25, -0.2) is 9.59 Å². The summed E-state index contributed by atoms with van der Waals surface area (Å²) >= 11 is 1.89. The molecule has 7 heteroatoms. The van der Waals surface area contributed by atoms with E-state index in [-0.39, 0.29) is 12.1 Å². The summed E-state index contributed by atoms with van der Waals surface area (Å²) in [4.78, 5) is 26.6. The van der Waals surface area contributed by atoms with E-state index >= 15 is 0 Å². The maximum atomic E-state index is 12.3. The molecule has 0 unspecified atom stereocenters. The average Bonchev–Trinajstić information content (AvgIpc) is 2.94. The fourth-order valence-electron chi connectivity index (χ4n) is 3.23. The van der Waals surface area contributed by atoms with Crippen molar-refractivity contribution in [3.8, 4) is 0 Å². The van der Waals surface area contributed by atoms with Crippen molar-refractivity contribution >= 4 is 23.9 Å². The van der Waals surface area contributed by atoms with E-state index in [0.717, 1.165) is 43.7 Å². The Morgan fingerprint density at radius 2 is 1.79 bits per heavy atom. The molecule has 2 saturated heterocycles. The van der Waals surface area contributed by atoms with Gasteiger partial charge in [0.05, 0.1) is 0 Å². The van der Waals surface area contributed by atoms with Gasteiger partial charge in [0.25, 0.3) is 0 Å². The highest BCUT2D eigenvalue weighted by Crippen LogP contribution is 2.27. The quantitative estimate of drug-likeness (QED) is 0.833. The van der Waals surface area contributed by atoms with Gasteiger partial charge in [0.2, 0.25) is 0 Å². The average molecular weight is 359 g/mol. The molecule has 0 radical (unpaired) electrons. The SMILES string of the molecule is CC(C)(C)OC(=O)N1CCC[C@H]1CSCC1CCN(C(=O)O)CC1. The zero-order valence-electron chi connectivity index (χ0n) is 15.0. The molecule has 138 valence electrons. The first-order valence-corrected chi connectivity index (χ1v) is 9.97. The molecule has 24 heavy (non-hydrogen) atoms. The van der Waals surface area contributed by atoms with Crippen molar-refractivity contribution in [2.45, 2.75) is 58.1 Å². The molecule has 0 saturated carbocycles. The molecule has 6 nitrogen and oxygen atoms in total. The van der Waals surface area contributed by atoms with Crippen LogP contribution < -0.4 is 0 Å². The smallest absolute Gasteiger partial charge is 0.410 e. The number of ether oxygens (including phenoxy) is 1. The Morgan fingerprint density at radius 3 is 2.38 bits per heavy atom. The van der Waals surface area contributed by atoms with Gasteiger partial charge in [-0.2, -0.15) is 11.8 Å². The van der Waals surface area contributed by atoms with E-state index in [9.17, 15) is 9.59 Å². The van der Waals surface area contributed by atoms with Crippen molar-refractivity contribution < 1.29 is 19.4 Å². The summed E-state index contributed by atoms with van der Waals surface area (Å²) in [6, 6.07) is 0.268. The molecule has 0 aromatic rings. The highest BCUT2D eigenvalue weighted by atomic mass is 32.2. The summed E-state index contributed by atoms with van der Waals surface area (Å²) in [6.45, 7) is 7.77.